The minimum Gasteiger partial charge on any atom is -0.351 e. The van der Waals surface area contributed by atoms with Crippen molar-refractivity contribution in [3.63, 3.8) is 0 Å². The van der Waals surface area contributed by atoms with E-state index >= 15 is 0 Å². The van der Waals surface area contributed by atoms with Gasteiger partial charge in [0.2, 0.25) is 0 Å². The van der Waals surface area contributed by atoms with Crippen LogP contribution in [-0.2, 0) is 0 Å². The lowest BCUT2D eigenvalue weighted by Crippen LogP contribution is -2.33. The highest BCUT2D eigenvalue weighted by molar-refractivity contribution is 9.10. The molecule has 0 heterocycles. The molecule has 0 aromatic heterocycles. The van der Waals surface area contributed by atoms with Gasteiger partial charge in [0.1, 0.15) is 5.82 Å². The third-order valence-corrected chi connectivity index (χ3v) is 3.18. The highest BCUT2D eigenvalue weighted by Crippen LogP contribution is 2.17. The Kier molecular flexibility index (Phi) is 5.58. The number of halogens is 2. The van der Waals surface area contributed by atoms with Crippen LogP contribution in [0.3, 0.4) is 0 Å². The maximum atomic E-state index is 13.0. The maximum absolute atomic E-state index is 13.0. The van der Waals surface area contributed by atoms with Crippen LogP contribution in [0.15, 0.2) is 22.7 Å². The van der Waals surface area contributed by atoms with E-state index < -0.39 is 5.82 Å². The molecule has 5 heteroatoms. The van der Waals surface area contributed by atoms with Crippen molar-refractivity contribution >= 4 is 21.8 Å². The summed E-state index contributed by atoms with van der Waals surface area (Å²) in [5.41, 5.74) is 0.323. The summed E-state index contributed by atoms with van der Waals surface area (Å²) in [6, 6.07) is 4.07. The molecule has 1 rings (SSSR count). The predicted octanol–water partition coefficient (Wildman–Crippen LogP) is 2.27. The van der Waals surface area contributed by atoms with E-state index in [-0.39, 0.29) is 5.91 Å². The van der Waals surface area contributed by atoms with E-state index in [1.807, 2.05) is 14.0 Å². The summed E-state index contributed by atoms with van der Waals surface area (Å²) < 4.78 is 13.6. The zero-order chi connectivity index (χ0) is 12.8. The Morgan fingerprint density at radius 2 is 2.24 bits per heavy atom. The Bertz CT molecular complexity index is 398. The number of nitrogens with zero attached hydrogens (tertiary/aromatic N) is 1. The molecule has 0 bridgehead atoms. The predicted molar refractivity (Wildman–Crippen MR) is 69.6 cm³/mol. The van der Waals surface area contributed by atoms with Crippen LogP contribution in [-0.4, -0.2) is 37.5 Å². The minimum atomic E-state index is -0.413. The summed E-state index contributed by atoms with van der Waals surface area (Å²) in [5, 5.41) is 2.75. The summed E-state index contributed by atoms with van der Waals surface area (Å²) in [5.74, 6) is -0.676. The topological polar surface area (TPSA) is 32.3 Å². The molecule has 0 aliphatic rings. The highest BCUT2D eigenvalue weighted by atomic mass is 79.9. The molecular formula is C12H16BrFN2O. The monoisotopic (exact) mass is 302 g/mol. The molecule has 0 aliphatic carbocycles. The number of hydrogen-bond acceptors (Lipinski definition) is 2. The normalized spacial score (nSPS) is 10.6. The van der Waals surface area contributed by atoms with E-state index in [0.29, 0.717) is 16.6 Å². The smallest absolute Gasteiger partial charge is 0.252 e. The molecule has 1 aromatic rings. The Hall–Kier alpha value is -0.940. The number of amides is 1. The highest BCUT2D eigenvalue weighted by Gasteiger charge is 2.10. The Morgan fingerprint density at radius 3 is 2.88 bits per heavy atom. The van der Waals surface area contributed by atoms with Gasteiger partial charge in [-0.2, -0.15) is 0 Å². The van der Waals surface area contributed by atoms with Gasteiger partial charge in [-0.1, -0.05) is 6.92 Å². The lowest BCUT2D eigenvalue weighted by atomic mass is 10.2. The third kappa shape index (κ3) is 4.44. The second-order valence-corrected chi connectivity index (χ2v) is 4.63. The van der Waals surface area contributed by atoms with Gasteiger partial charge >= 0.3 is 0 Å². The van der Waals surface area contributed by atoms with E-state index in [9.17, 15) is 9.18 Å². The fourth-order valence-electron chi connectivity index (χ4n) is 1.29. The number of likely N-dealkylation sites (N-methyl/N-ethyl adjacent to an activating group) is 1. The van der Waals surface area contributed by atoms with Crippen LogP contribution in [0.5, 0.6) is 0 Å². The average molecular weight is 303 g/mol. The Morgan fingerprint density at radius 1 is 1.53 bits per heavy atom. The number of nitrogens with one attached hydrogen (secondary N) is 1. The standard InChI is InChI=1S/C12H16BrFN2O/c1-3-16(2)7-6-15-12(17)10-8-9(14)4-5-11(10)13/h4-5,8H,3,6-7H2,1-2H3,(H,15,17). The number of carbonyl (C=O) groups is 1. The number of carbonyl (C=O) groups excluding carboxylic acids is 1. The first-order valence-corrected chi connectivity index (χ1v) is 6.25. The molecule has 0 radical (unpaired) electrons. The van der Waals surface area contributed by atoms with Gasteiger partial charge in [0.15, 0.2) is 0 Å². The van der Waals surface area contributed by atoms with Crippen molar-refractivity contribution in [3.05, 3.63) is 34.1 Å². The molecule has 1 aromatic carbocycles. The number of rotatable bonds is 5. The van der Waals surface area contributed by atoms with Crippen molar-refractivity contribution in [1.82, 2.24) is 10.2 Å². The molecule has 3 nitrogen and oxygen atoms in total. The maximum Gasteiger partial charge on any atom is 0.252 e. The molecule has 0 aliphatic heterocycles. The summed E-state index contributed by atoms with van der Waals surface area (Å²) in [4.78, 5) is 13.8. The molecule has 0 atom stereocenters. The summed E-state index contributed by atoms with van der Waals surface area (Å²) in [7, 11) is 1.98. The van der Waals surface area contributed by atoms with Crippen molar-refractivity contribution in [2.45, 2.75) is 6.92 Å². The second-order valence-electron chi connectivity index (χ2n) is 3.78. The van der Waals surface area contributed by atoms with Gasteiger partial charge in [0.25, 0.3) is 5.91 Å². The van der Waals surface area contributed by atoms with E-state index in [1.54, 1.807) is 0 Å². The van der Waals surface area contributed by atoms with Crippen molar-refractivity contribution < 1.29 is 9.18 Å². The van der Waals surface area contributed by atoms with Crippen LogP contribution in [0.1, 0.15) is 17.3 Å². The van der Waals surface area contributed by atoms with Gasteiger partial charge in [-0.05, 0) is 47.7 Å². The number of hydrogen-bond donors (Lipinski definition) is 1. The Balaban J connectivity index is 2.55. The zero-order valence-electron chi connectivity index (χ0n) is 9.96. The van der Waals surface area contributed by atoms with Crippen molar-refractivity contribution in [3.8, 4) is 0 Å². The lowest BCUT2D eigenvalue weighted by Gasteiger charge is -2.14. The van der Waals surface area contributed by atoms with Crippen molar-refractivity contribution in [2.75, 3.05) is 26.7 Å². The van der Waals surface area contributed by atoms with Crippen LogP contribution in [0.25, 0.3) is 0 Å². The largest absolute Gasteiger partial charge is 0.351 e. The summed E-state index contributed by atoms with van der Waals surface area (Å²) >= 11 is 3.23. The quantitative estimate of drug-likeness (QED) is 0.905. The second kappa shape index (κ2) is 6.71. The third-order valence-electron chi connectivity index (χ3n) is 2.49. The molecule has 0 spiro atoms. The first kappa shape index (κ1) is 14.1. The SMILES string of the molecule is CCN(C)CCNC(=O)c1cc(F)ccc1Br. The van der Waals surface area contributed by atoms with Crippen LogP contribution in [0.4, 0.5) is 4.39 Å². The molecular weight excluding hydrogens is 287 g/mol. The first-order valence-electron chi connectivity index (χ1n) is 5.46. The minimum absolute atomic E-state index is 0.263. The molecule has 1 N–H and O–H groups in total. The van der Waals surface area contributed by atoms with E-state index in [4.69, 9.17) is 0 Å². The van der Waals surface area contributed by atoms with Crippen molar-refractivity contribution in [2.24, 2.45) is 0 Å². The molecule has 0 saturated heterocycles. The molecule has 17 heavy (non-hydrogen) atoms. The van der Waals surface area contributed by atoms with Gasteiger partial charge < -0.3 is 10.2 Å². The van der Waals surface area contributed by atoms with Crippen LogP contribution < -0.4 is 5.32 Å². The fourth-order valence-corrected chi connectivity index (χ4v) is 1.71. The van der Waals surface area contributed by atoms with Gasteiger partial charge in [-0.15, -0.1) is 0 Å². The first-order chi connectivity index (χ1) is 8.04. The van der Waals surface area contributed by atoms with Gasteiger partial charge in [-0.3, -0.25) is 4.79 Å². The van der Waals surface area contributed by atoms with Crippen LogP contribution in [0, 0.1) is 5.82 Å². The summed E-state index contributed by atoms with van der Waals surface area (Å²) in [6.07, 6.45) is 0. The molecule has 0 saturated carbocycles. The lowest BCUT2D eigenvalue weighted by molar-refractivity contribution is 0.0949. The molecule has 0 unspecified atom stereocenters. The van der Waals surface area contributed by atoms with Gasteiger partial charge in [0, 0.05) is 17.6 Å². The van der Waals surface area contributed by atoms with Crippen LogP contribution in [0.2, 0.25) is 0 Å². The summed E-state index contributed by atoms with van der Waals surface area (Å²) in [6.45, 7) is 4.30. The molecule has 1 amide bonds. The van der Waals surface area contributed by atoms with Gasteiger partial charge in [0.05, 0.1) is 5.56 Å². The van der Waals surface area contributed by atoms with Gasteiger partial charge in [-0.25, -0.2) is 4.39 Å². The molecule has 94 valence electrons. The van der Waals surface area contributed by atoms with Crippen molar-refractivity contribution in [1.29, 1.82) is 0 Å². The van der Waals surface area contributed by atoms with E-state index in [1.165, 1.54) is 18.2 Å². The fraction of sp³-hybridized carbons (Fsp3) is 0.417. The molecule has 0 fully saturated rings. The van der Waals surface area contributed by atoms with E-state index in [2.05, 4.69) is 26.1 Å². The number of benzene rings is 1. The van der Waals surface area contributed by atoms with E-state index in [0.717, 1.165) is 13.1 Å². The average Bonchev–Trinajstić information content (AvgIpc) is 2.31. The van der Waals surface area contributed by atoms with Crippen LogP contribution >= 0.6 is 15.9 Å². The zero-order valence-corrected chi connectivity index (χ0v) is 11.6. The Labute approximate surface area is 109 Å².